The van der Waals surface area contributed by atoms with Gasteiger partial charge in [0.1, 0.15) is 0 Å². The van der Waals surface area contributed by atoms with Crippen molar-refractivity contribution in [2.75, 3.05) is 0 Å². The van der Waals surface area contributed by atoms with Gasteiger partial charge in [-0.1, -0.05) is 11.6 Å². The van der Waals surface area contributed by atoms with Crippen molar-refractivity contribution in [3.05, 3.63) is 17.4 Å². The zero-order chi connectivity index (χ0) is 12.8. The first-order chi connectivity index (χ1) is 7.74. The maximum Gasteiger partial charge on any atom is 0.498 e. The second-order valence-corrected chi connectivity index (χ2v) is 5.49. The van der Waals surface area contributed by atoms with E-state index in [-0.39, 0.29) is 10.9 Å². The fourth-order valence-electron chi connectivity index (χ4n) is 1.60. The summed E-state index contributed by atoms with van der Waals surface area (Å²) in [5, 5.41) is 9.90. The summed E-state index contributed by atoms with van der Waals surface area (Å²) < 4.78 is 11.6. The molecule has 0 saturated carbocycles. The van der Waals surface area contributed by atoms with Gasteiger partial charge in [0.2, 0.25) is 0 Å². The fourth-order valence-corrected chi connectivity index (χ4v) is 1.77. The smallest absolute Gasteiger partial charge is 0.498 e. The van der Waals surface area contributed by atoms with E-state index in [1.54, 1.807) is 6.07 Å². The third-order valence-corrected chi connectivity index (χ3v) is 3.69. The van der Waals surface area contributed by atoms with E-state index in [9.17, 15) is 5.11 Å². The molecule has 17 heavy (non-hydrogen) atoms. The summed E-state index contributed by atoms with van der Waals surface area (Å²) >= 11 is 5.76. The van der Waals surface area contributed by atoms with Crippen molar-refractivity contribution in [1.29, 1.82) is 0 Å². The second-order valence-electron chi connectivity index (χ2n) is 5.13. The first kappa shape index (κ1) is 12.7. The highest BCUT2D eigenvalue weighted by Gasteiger charge is 2.52. The lowest BCUT2D eigenvalue weighted by Gasteiger charge is -2.32. The molecular formula is C11H15BClNO3. The average molecular weight is 256 g/mol. The van der Waals surface area contributed by atoms with Crippen LogP contribution in [-0.4, -0.2) is 28.4 Å². The van der Waals surface area contributed by atoms with Gasteiger partial charge in [0.15, 0.2) is 10.9 Å². The molecule has 0 radical (unpaired) electrons. The fraction of sp³-hybridized carbons (Fsp3) is 0.545. The van der Waals surface area contributed by atoms with Crippen molar-refractivity contribution in [2.45, 2.75) is 38.9 Å². The molecule has 2 heterocycles. The maximum atomic E-state index is 9.84. The highest BCUT2D eigenvalue weighted by Crippen LogP contribution is 2.37. The number of nitrogens with zero attached hydrogens (tertiary/aromatic N) is 1. The van der Waals surface area contributed by atoms with Crippen molar-refractivity contribution in [1.82, 2.24) is 4.98 Å². The molecule has 4 nitrogen and oxygen atoms in total. The van der Waals surface area contributed by atoms with E-state index in [1.165, 1.54) is 6.20 Å². The summed E-state index contributed by atoms with van der Waals surface area (Å²) in [6.07, 6.45) is 1.52. The summed E-state index contributed by atoms with van der Waals surface area (Å²) in [5.41, 5.74) is -0.386. The minimum absolute atomic E-state index is 0.0530. The first-order valence-electron chi connectivity index (χ1n) is 5.43. The SMILES string of the molecule is CC1(C)OB(c2ccnc(Cl)c2O)OC1(C)C. The molecule has 0 amide bonds. The van der Waals surface area contributed by atoms with Gasteiger partial charge < -0.3 is 14.4 Å². The van der Waals surface area contributed by atoms with Gasteiger partial charge in [-0.25, -0.2) is 4.98 Å². The predicted octanol–water partition coefficient (Wildman–Crippen LogP) is 1.74. The Morgan fingerprint density at radius 3 is 2.29 bits per heavy atom. The number of aromatic hydroxyl groups is 1. The van der Waals surface area contributed by atoms with Gasteiger partial charge in [0, 0.05) is 11.7 Å². The second kappa shape index (κ2) is 3.87. The quantitative estimate of drug-likeness (QED) is 0.613. The molecule has 1 aliphatic heterocycles. The molecule has 1 aliphatic rings. The van der Waals surface area contributed by atoms with Crippen molar-refractivity contribution in [3.8, 4) is 5.75 Å². The summed E-state index contributed by atoms with van der Waals surface area (Å²) in [6.45, 7) is 7.80. The van der Waals surface area contributed by atoms with Crippen molar-refractivity contribution in [3.63, 3.8) is 0 Å². The Bertz CT molecular complexity index is 434. The number of hydrogen-bond acceptors (Lipinski definition) is 4. The zero-order valence-electron chi connectivity index (χ0n) is 10.3. The summed E-state index contributed by atoms with van der Waals surface area (Å²) in [4.78, 5) is 3.79. The Morgan fingerprint density at radius 1 is 1.24 bits per heavy atom. The molecule has 1 saturated heterocycles. The Morgan fingerprint density at radius 2 is 1.76 bits per heavy atom. The predicted molar refractivity (Wildman–Crippen MR) is 66.6 cm³/mol. The Hall–Kier alpha value is -0.775. The third kappa shape index (κ3) is 2.03. The van der Waals surface area contributed by atoms with Crippen LogP contribution in [0.25, 0.3) is 0 Å². The van der Waals surface area contributed by atoms with Crippen LogP contribution in [0.4, 0.5) is 0 Å². The minimum Gasteiger partial charge on any atom is -0.505 e. The zero-order valence-corrected chi connectivity index (χ0v) is 11.1. The molecule has 0 bridgehead atoms. The molecule has 0 atom stereocenters. The van der Waals surface area contributed by atoms with Crippen LogP contribution in [-0.2, 0) is 9.31 Å². The molecule has 0 aliphatic carbocycles. The summed E-state index contributed by atoms with van der Waals surface area (Å²) in [7, 11) is -0.625. The lowest BCUT2D eigenvalue weighted by molar-refractivity contribution is 0.00578. The largest absolute Gasteiger partial charge is 0.505 e. The van der Waals surface area contributed by atoms with Gasteiger partial charge in [-0.15, -0.1) is 0 Å². The van der Waals surface area contributed by atoms with Crippen LogP contribution in [0.3, 0.4) is 0 Å². The Balaban J connectivity index is 2.36. The van der Waals surface area contributed by atoms with Crippen LogP contribution in [0.5, 0.6) is 5.75 Å². The lowest BCUT2D eigenvalue weighted by Crippen LogP contribution is -2.41. The Kier molecular flexibility index (Phi) is 2.88. The number of rotatable bonds is 1. The molecule has 0 unspecified atom stereocenters. The monoisotopic (exact) mass is 255 g/mol. The van der Waals surface area contributed by atoms with Gasteiger partial charge >= 0.3 is 7.12 Å². The summed E-state index contributed by atoms with van der Waals surface area (Å²) in [5.74, 6) is -0.0901. The van der Waals surface area contributed by atoms with E-state index in [1.807, 2.05) is 27.7 Å². The standard InChI is InChI=1S/C11H15BClNO3/c1-10(2)11(3,4)17-12(16-10)7-5-6-14-9(13)8(7)15/h5-6,15H,1-4H3. The molecule has 2 rings (SSSR count). The molecule has 0 spiro atoms. The molecular weight excluding hydrogens is 240 g/mol. The van der Waals surface area contributed by atoms with E-state index in [4.69, 9.17) is 20.9 Å². The van der Waals surface area contributed by atoms with Crippen LogP contribution in [0.15, 0.2) is 12.3 Å². The number of hydrogen-bond donors (Lipinski definition) is 1. The number of aromatic nitrogens is 1. The molecule has 6 heteroatoms. The molecule has 1 aromatic rings. The molecule has 1 aromatic heterocycles. The van der Waals surface area contributed by atoms with Crippen molar-refractivity contribution < 1.29 is 14.4 Å². The van der Waals surface area contributed by atoms with Crippen LogP contribution in [0.1, 0.15) is 27.7 Å². The van der Waals surface area contributed by atoms with Crippen molar-refractivity contribution >= 4 is 24.2 Å². The van der Waals surface area contributed by atoms with E-state index in [2.05, 4.69) is 4.98 Å². The van der Waals surface area contributed by atoms with E-state index in [0.717, 1.165) is 0 Å². The van der Waals surface area contributed by atoms with Crippen LogP contribution in [0.2, 0.25) is 5.15 Å². The molecule has 92 valence electrons. The van der Waals surface area contributed by atoms with Gasteiger partial charge in [-0.3, -0.25) is 0 Å². The maximum absolute atomic E-state index is 9.84. The highest BCUT2D eigenvalue weighted by molar-refractivity contribution is 6.63. The normalized spacial score (nSPS) is 21.8. The van der Waals surface area contributed by atoms with E-state index < -0.39 is 18.3 Å². The van der Waals surface area contributed by atoms with Crippen molar-refractivity contribution in [2.24, 2.45) is 0 Å². The topological polar surface area (TPSA) is 51.6 Å². The van der Waals surface area contributed by atoms with Crippen LogP contribution < -0.4 is 5.46 Å². The van der Waals surface area contributed by atoms with Crippen LogP contribution >= 0.6 is 11.6 Å². The first-order valence-corrected chi connectivity index (χ1v) is 5.81. The molecule has 1 N–H and O–H groups in total. The molecule has 0 aromatic carbocycles. The number of pyridine rings is 1. The van der Waals surface area contributed by atoms with Gasteiger partial charge in [0.05, 0.1) is 11.2 Å². The Labute approximate surface area is 106 Å². The van der Waals surface area contributed by atoms with Crippen LogP contribution in [0, 0.1) is 0 Å². The average Bonchev–Trinajstić information content (AvgIpc) is 2.40. The van der Waals surface area contributed by atoms with Gasteiger partial charge in [0.25, 0.3) is 0 Å². The minimum atomic E-state index is -0.625. The van der Waals surface area contributed by atoms with E-state index in [0.29, 0.717) is 5.46 Å². The van der Waals surface area contributed by atoms with Gasteiger partial charge in [-0.05, 0) is 33.8 Å². The van der Waals surface area contributed by atoms with E-state index >= 15 is 0 Å². The number of halogens is 1. The third-order valence-electron chi connectivity index (χ3n) is 3.42. The van der Waals surface area contributed by atoms with Gasteiger partial charge in [-0.2, -0.15) is 0 Å². The lowest BCUT2D eigenvalue weighted by atomic mass is 9.79. The highest BCUT2D eigenvalue weighted by atomic mass is 35.5. The summed E-state index contributed by atoms with van der Waals surface area (Å²) in [6, 6.07) is 1.64. The molecule has 1 fully saturated rings.